The molecule has 0 saturated heterocycles. The molecule has 3 aromatic carbocycles. The molecule has 0 aliphatic rings. The topological polar surface area (TPSA) is 225 Å². The number of rotatable bonds is 12. The van der Waals surface area contributed by atoms with Crippen LogP contribution >= 0.6 is 0 Å². The number of carboxylic acids is 3. The predicted molar refractivity (Wildman–Crippen MR) is 191 cm³/mol. The van der Waals surface area contributed by atoms with Gasteiger partial charge >= 0.3 is 17.9 Å². The van der Waals surface area contributed by atoms with Crippen molar-refractivity contribution < 1.29 is 48.4 Å². The van der Waals surface area contributed by atoms with Crippen LogP contribution in [0.3, 0.4) is 0 Å². The van der Waals surface area contributed by atoms with Crippen LogP contribution in [0.5, 0.6) is 17.2 Å². The summed E-state index contributed by atoms with van der Waals surface area (Å²) < 4.78 is 29.2. The maximum atomic E-state index is 15.2. The molecular weight excluding hydrogens is 693 g/mol. The minimum Gasteiger partial charge on any atom is -0.497 e. The number of anilines is 1. The highest BCUT2D eigenvalue weighted by molar-refractivity contribution is 6.05. The second kappa shape index (κ2) is 16.5. The Balaban J connectivity index is 0.000000703. The minimum atomic E-state index is -1.60. The fourth-order valence-electron chi connectivity index (χ4n) is 5.05. The lowest BCUT2D eigenvalue weighted by Gasteiger charge is -2.28. The van der Waals surface area contributed by atoms with Gasteiger partial charge in [0.15, 0.2) is 11.6 Å². The molecule has 15 nitrogen and oxygen atoms in total. The third-order valence-electron chi connectivity index (χ3n) is 8.24. The van der Waals surface area contributed by atoms with E-state index in [0.717, 1.165) is 6.07 Å². The molecule has 0 fully saturated rings. The predicted octanol–water partition coefficient (Wildman–Crippen LogP) is 4.84. The van der Waals surface area contributed by atoms with Gasteiger partial charge in [-0.2, -0.15) is 0 Å². The Labute approximate surface area is 301 Å². The summed E-state index contributed by atoms with van der Waals surface area (Å²) in [6.45, 7) is 4.67. The Morgan fingerprint density at radius 2 is 1.64 bits per heavy atom. The van der Waals surface area contributed by atoms with Crippen molar-refractivity contribution in [2.75, 3.05) is 12.4 Å². The first-order valence-electron chi connectivity index (χ1n) is 15.8. The first-order chi connectivity index (χ1) is 25.0. The van der Waals surface area contributed by atoms with Crippen LogP contribution in [0.15, 0.2) is 95.9 Å². The Hall–Kier alpha value is -6.81. The second-order valence-corrected chi connectivity index (χ2v) is 11.9. The van der Waals surface area contributed by atoms with Crippen molar-refractivity contribution in [2.45, 2.75) is 32.9 Å². The number of hydrogen-bond donors (Lipinski definition) is 5. The molecule has 6 N–H and O–H groups in total. The molecule has 0 saturated carbocycles. The van der Waals surface area contributed by atoms with E-state index in [0.29, 0.717) is 40.2 Å². The van der Waals surface area contributed by atoms with Gasteiger partial charge in [-0.3, -0.25) is 24.0 Å². The number of aromatic nitrogens is 3. The fraction of sp³-hybridized carbons (Fsp3) is 0.189. The number of nitrogens with zero attached hydrogens (tertiary/aromatic N) is 3. The number of hydrogen-bond acceptors (Lipinski definition) is 9. The van der Waals surface area contributed by atoms with Gasteiger partial charge in [0.25, 0.3) is 11.5 Å². The van der Waals surface area contributed by atoms with Crippen molar-refractivity contribution in [2.24, 2.45) is 11.7 Å². The molecule has 1 amide bonds. The molecule has 0 aliphatic heterocycles. The summed E-state index contributed by atoms with van der Waals surface area (Å²) in [6, 6.07) is 19.4. The molecular formula is C37H36FN5O10. The van der Waals surface area contributed by atoms with Crippen LogP contribution < -0.4 is 26.1 Å². The van der Waals surface area contributed by atoms with Crippen molar-refractivity contribution in [3.8, 4) is 22.9 Å². The van der Waals surface area contributed by atoms with Crippen LogP contribution in [0.4, 0.5) is 10.1 Å². The van der Waals surface area contributed by atoms with Crippen LogP contribution in [-0.2, 0) is 20.9 Å². The van der Waals surface area contributed by atoms with Crippen LogP contribution in [0.25, 0.3) is 16.6 Å². The average molecular weight is 730 g/mol. The third kappa shape index (κ3) is 9.11. The lowest BCUT2D eigenvalue weighted by molar-refractivity contribution is -0.144. The Morgan fingerprint density at radius 1 is 0.981 bits per heavy atom. The van der Waals surface area contributed by atoms with Gasteiger partial charge in [-0.15, -0.1) is 0 Å². The molecule has 276 valence electrons. The van der Waals surface area contributed by atoms with Crippen LogP contribution in [-0.4, -0.2) is 66.1 Å². The molecule has 0 spiro atoms. The largest absolute Gasteiger partial charge is 0.497 e. The van der Waals surface area contributed by atoms with Gasteiger partial charge in [0, 0.05) is 54.0 Å². The standard InChI is InChI=1S/C33H32FN5O6.C4H4O4/c1-19(33(3,35)32(42)43)18-38-20(2)29(31(41)39(38)22-8-6-5-7-9-22)30(40)37-21-10-13-28(25(34)16-21)45-27-14-15-36-26-17-23(44-4)11-12-24(26)27;5-3(6)1-2-4(7)8/h5-17,19H,18,35H2,1-4H3,(H,37,40)(H,42,43);1-2H,(H,5,6)(H,7,8)/b;2-1+/t19-,33-;/m0./s1. The van der Waals surface area contributed by atoms with Crippen molar-refractivity contribution in [1.82, 2.24) is 14.3 Å². The van der Waals surface area contributed by atoms with E-state index in [1.165, 1.54) is 34.6 Å². The van der Waals surface area contributed by atoms with Crippen LogP contribution in [0.2, 0.25) is 0 Å². The molecule has 2 heterocycles. The lowest BCUT2D eigenvalue weighted by Crippen LogP contribution is -2.52. The number of nitrogens with one attached hydrogen (secondary N) is 1. The number of methoxy groups -OCH3 is 1. The van der Waals surface area contributed by atoms with Crippen molar-refractivity contribution in [3.05, 3.63) is 119 Å². The van der Waals surface area contributed by atoms with E-state index in [1.807, 2.05) is 0 Å². The number of halogens is 1. The average Bonchev–Trinajstić information content (AvgIpc) is 3.36. The van der Waals surface area contributed by atoms with Gasteiger partial charge in [-0.05, 0) is 56.3 Å². The van der Waals surface area contributed by atoms with Gasteiger partial charge < -0.3 is 35.8 Å². The maximum absolute atomic E-state index is 15.2. The van der Waals surface area contributed by atoms with E-state index in [4.69, 9.17) is 25.4 Å². The number of pyridine rings is 1. The minimum absolute atomic E-state index is 0.0275. The molecule has 0 radical (unpaired) electrons. The van der Waals surface area contributed by atoms with Gasteiger partial charge in [-0.1, -0.05) is 25.1 Å². The summed E-state index contributed by atoms with van der Waals surface area (Å²) in [5.41, 5.74) is 5.13. The van der Waals surface area contributed by atoms with E-state index in [2.05, 4.69) is 10.3 Å². The van der Waals surface area contributed by atoms with Crippen molar-refractivity contribution in [3.63, 3.8) is 0 Å². The van der Waals surface area contributed by atoms with Gasteiger partial charge in [-0.25, -0.2) is 18.7 Å². The molecule has 5 rings (SSSR count). The van der Waals surface area contributed by atoms with Crippen molar-refractivity contribution >= 4 is 40.4 Å². The summed E-state index contributed by atoms with van der Waals surface area (Å²) >= 11 is 0. The number of fused-ring (bicyclic) bond motifs is 1. The normalized spacial score (nSPS) is 12.6. The number of amides is 1. The molecule has 5 aromatic rings. The molecule has 0 unspecified atom stereocenters. The zero-order valence-electron chi connectivity index (χ0n) is 28.9. The quantitative estimate of drug-likeness (QED) is 0.109. The fourth-order valence-corrected chi connectivity index (χ4v) is 5.05. The Bertz CT molecular complexity index is 2250. The van der Waals surface area contributed by atoms with E-state index in [-0.39, 0.29) is 29.2 Å². The highest BCUT2D eigenvalue weighted by Crippen LogP contribution is 2.33. The van der Waals surface area contributed by atoms with Gasteiger partial charge in [0.05, 0.1) is 24.0 Å². The van der Waals surface area contributed by atoms with E-state index < -0.39 is 46.6 Å². The number of aliphatic carboxylic acids is 3. The number of carbonyl (C=O) groups is 4. The van der Waals surface area contributed by atoms with Crippen LogP contribution in [0.1, 0.15) is 29.9 Å². The number of benzene rings is 3. The molecule has 0 aliphatic carbocycles. The summed E-state index contributed by atoms with van der Waals surface area (Å²) in [5.74, 6) is -4.93. The van der Waals surface area contributed by atoms with Crippen LogP contribution in [0, 0.1) is 18.7 Å². The summed E-state index contributed by atoms with van der Waals surface area (Å²) in [4.78, 5) is 62.4. The molecule has 2 atom stereocenters. The number of carboxylic acid groups (broad SMARTS) is 3. The number of carbonyl (C=O) groups excluding carboxylic acids is 1. The molecule has 16 heteroatoms. The second-order valence-electron chi connectivity index (χ2n) is 11.9. The first kappa shape index (κ1) is 39.0. The first-order valence-corrected chi connectivity index (χ1v) is 15.8. The number of nitrogens with two attached hydrogens (primary N) is 1. The third-order valence-corrected chi connectivity index (χ3v) is 8.24. The Kier molecular flexibility index (Phi) is 12.1. The van der Waals surface area contributed by atoms with Crippen molar-refractivity contribution in [1.29, 1.82) is 0 Å². The number of ether oxygens (including phenoxy) is 2. The molecule has 2 aromatic heterocycles. The lowest BCUT2D eigenvalue weighted by atomic mass is 9.88. The summed E-state index contributed by atoms with van der Waals surface area (Å²) in [5, 5.41) is 28.5. The summed E-state index contributed by atoms with van der Waals surface area (Å²) in [7, 11) is 1.55. The zero-order valence-corrected chi connectivity index (χ0v) is 28.9. The smallest absolute Gasteiger partial charge is 0.328 e. The van der Waals surface area contributed by atoms with Gasteiger partial charge in [0.1, 0.15) is 22.6 Å². The van der Waals surface area contributed by atoms with Gasteiger partial charge in [0.2, 0.25) is 0 Å². The highest BCUT2D eigenvalue weighted by Gasteiger charge is 2.36. The summed E-state index contributed by atoms with van der Waals surface area (Å²) in [6.07, 6.45) is 2.65. The Morgan fingerprint density at radius 3 is 2.23 bits per heavy atom. The highest BCUT2D eigenvalue weighted by atomic mass is 19.1. The molecule has 0 bridgehead atoms. The number of para-hydroxylation sites is 1. The zero-order chi connectivity index (χ0) is 39.0. The van der Waals surface area contributed by atoms with E-state index in [1.54, 1.807) is 75.6 Å². The van der Waals surface area contributed by atoms with E-state index >= 15 is 4.39 Å². The van der Waals surface area contributed by atoms with E-state index in [9.17, 15) is 29.1 Å². The maximum Gasteiger partial charge on any atom is 0.328 e. The monoisotopic (exact) mass is 729 g/mol. The SMILES string of the molecule is COc1ccc2c(Oc3ccc(NC(=O)c4c(C)n(C[C@H](C)[C@](C)(N)C(=O)O)n(-c5ccccc5)c4=O)cc3F)ccnc2c1.O=C(O)/C=C/C(=O)O. The molecule has 53 heavy (non-hydrogen) atoms.